The van der Waals surface area contributed by atoms with Crippen LogP contribution in [-0.2, 0) is 17.8 Å². The summed E-state index contributed by atoms with van der Waals surface area (Å²) in [6.07, 6.45) is 0.953. The fourth-order valence-electron chi connectivity index (χ4n) is 2.84. The number of hydrogen-bond donors (Lipinski definition) is 2. The van der Waals surface area contributed by atoms with Crippen LogP contribution in [0.5, 0.6) is 0 Å². The van der Waals surface area contributed by atoms with Crippen molar-refractivity contribution in [3.63, 3.8) is 0 Å². The Hall–Kier alpha value is -3.15. The van der Waals surface area contributed by atoms with E-state index in [9.17, 15) is 14.4 Å². The number of rotatable bonds is 5. The summed E-state index contributed by atoms with van der Waals surface area (Å²) in [5.41, 5.74) is 1.44. The standard InChI is InChI=1S/C19H19N3O3/c1-2-13-7-3-5-9-15(13)20-17(23)11-12-22-16-10-6-4-8-14(16)18(24)21-19(22)25/h3-10H,2,11-12H2,1H3,(H,20,23)(H,21,24,25). The first-order valence-electron chi connectivity index (χ1n) is 8.19. The van der Waals surface area contributed by atoms with E-state index < -0.39 is 11.2 Å². The largest absolute Gasteiger partial charge is 0.328 e. The zero-order chi connectivity index (χ0) is 17.8. The summed E-state index contributed by atoms with van der Waals surface area (Å²) < 4.78 is 1.42. The predicted molar refractivity (Wildman–Crippen MR) is 97.9 cm³/mol. The molecule has 0 fully saturated rings. The van der Waals surface area contributed by atoms with E-state index >= 15 is 0 Å². The molecule has 6 heteroatoms. The van der Waals surface area contributed by atoms with E-state index in [1.54, 1.807) is 24.3 Å². The fourth-order valence-corrected chi connectivity index (χ4v) is 2.84. The van der Waals surface area contributed by atoms with E-state index in [0.29, 0.717) is 10.9 Å². The van der Waals surface area contributed by atoms with Crippen molar-refractivity contribution in [2.24, 2.45) is 0 Å². The Kier molecular flexibility index (Phi) is 4.79. The summed E-state index contributed by atoms with van der Waals surface area (Å²) in [4.78, 5) is 38.5. The van der Waals surface area contributed by atoms with E-state index in [0.717, 1.165) is 17.7 Å². The lowest BCUT2D eigenvalue weighted by atomic mass is 10.1. The minimum Gasteiger partial charge on any atom is -0.326 e. The molecular formula is C19H19N3O3. The third kappa shape index (κ3) is 3.52. The van der Waals surface area contributed by atoms with Gasteiger partial charge in [0.2, 0.25) is 5.91 Å². The van der Waals surface area contributed by atoms with Gasteiger partial charge in [0.25, 0.3) is 5.56 Å². The molecule has 0 aliphatic carbocycles. The lowest BCUT2D eigenvalue weighted by molar-refractivity contribution is -0.116. The van der Waals surface area contributed by atoms with Crippen LogP contribution in [0.15, 0.2) is 58.1 Å². The highest BCUT2D eigenvalue weighted by molar-refractivity contribution is 5.91. The average molecular weight is 337 g/mol. The Balaban J connectivity index is 1.80. The quantitative estimate of drug-likeness (QED) is 0.749. The molecule has 0 saturated carbocycles. The zero-order valence-corrected chi connectivity index (χ0v) is 13.9. The van der Waals surface area contributed by atoms with E-state index in [4.69, 9.17) is 0 Å². The minimum absolute atomic E-state index is 0.133. The third-order valence-electron chi connectivity index (χ3n) is 4.14. The molecule has 0 spiro atoms. The Bertz CT molecular complexity index is 1030. The number of nitrogens with zero attached hydrogens (tertiary/aromatic N) is 1. The summed E-state index contributed by atoms with van der Waals surface area (Å²) in [5.74, 6) is -0.178. The van der Waals surface area contributed by atoms with Gasteiger partial charge in [-0.1, -0.05) is 37.3 Å². The topological polar surface area (TPSA) is 84.0 Å². The molecule has 0 saturated heterocycles. The lowest BCUT2D eigenvalue weighted by Gasteiger charge is -2.11. The summed E-state index contributed by atoms with van der Waals surface area (Å²) in [6, 6.07) is 14.5. The third-order valence-corrected chi connectivity index (χ3v) is 4.14. The first kappa shape index (κ1) is 16.7. The maximum Gasteiger partial charge on any atom is 0.328 e. The van der Waals surface area contributed by atoms with Crippen LogP contribution < -0.4 is 16.6 Å². The first-order chi connectivity index (χ1) is 12.1. The molecule has 0 radical (unpaired) electrons. The lowest BCUT2D eigenvalue weighted by Crippen LogP contribution is -2.31. The number of aryl methyl sites for hydroxylation is 2. The van der Waals surface area contributed by atoms with Gasteiger partial charge in [0.05, 0.1) is 10.9 Å². The molecule has 3 rings (SSSR count). The van der Waals surface area contributed by atoms with Crippen LogP contribution in [-0.4, -0.2) is 15.5 Å². The maximum absolute atomic E-state index is 12.3. The van der Waals surface area contributed by atoms with Gasteiger partial charge in [-0.15, -0.1) is 0 Å². The fraction of sp³-hybridized carbons (Fsp3) is 0.211. The normalized spacial score (nSPS) is 10.8. The number of nitrogens with one attached hydrogen (secondary N) is 2. The molecule has 2 N–H and O–H groups in total. The Morgan fingerprint density at radius 3 is 2.60 bits per heavy atom. The maximum atomic E-state index is 12.3. The molecule has 3 aromatic rings. The SMILES string of the molecule is CCc1ccccc1NC(=O)CCn1c(=O)[nH]c(=O)c2ccccc21. The predicted octanol–water partition coefficient (Wildman–Crippen LogP) is 2.28. The van der Waals surface area contributed by atoms with Crippen molar-refractivity contribution in [1.29, 1.82) is 0 Å². The Morgan fingerprint density at radius 2 is 1.80 bits per heavy atom. The van der Waals surface area contributed by atoms with Crippen LogP contribution in [0.2, 0.25) is 0 Å². The molecule has 0 aliphatic rings. The molecule has 2 aromatic carbocycles. The second-order valence-corrected chi connectivity index (χ2v) is 5.74. The molecule has 1 heterocycles. The second kappa shape index (κ2) is 7.17. The van der Waals surface area contributed by atoms with Crippen LogP contribution in [0, 0.1) is 0 Å². The first-order valence-corrected chi connectivity index (χ1v) is 8.19. The van der Waals surface area contributed by atoms with Crippen LogP contribution in [0.3, 0.4) is 0 Å². The number of benzene rings is 2. The highest BCUT2D eigenvalue weighted by Crippen LogP contribution is 2.15. The highest BCUT2D eigenvalue weighted by atomic mass is 16.2. The number of aromatic nitrogens is 2. The highest BCUT2D eigenvalue weighted by Gasteiger charge is 2.10. The van der Waals surface area contributed by atoms with Gasteiger partial charge in [-0.3, -0.25) is 19.1 Å². The number of aromatic amines is 1. The molecule has 25 heavy (non-hydrogen) atoms. The molecular weight excluding hydrogens is 318 g/mol. The Labute approximate surface area is 144 Å². The summed E-state index contributed by atoms with van der Waals surface area (Å²) >= 11 is 0. The minimum atomic E-state index is -0.509. The number of fused-ring (bicyclic) bond motifs is 1. The molecule has 0 unspecified atom stereocenters. The molecule has 128 valence electrons. The van der Waals surface area contributed by atoms with Crippen molar-refractivity contribution < 1.29 is 4.79 Å². The van der Waals surface area contributed by atoms with E-state index in [1.165, 1.54) is 4.57 Å². The van der Waals surface area contributed by atoms with Crippen LogP contribution in [0.25, 0.3) is 10.9 Å². The molecule has 0 bridgehead atoms. The van der Waals surface area contributed by atoms with Gasteiger partial charge in [0.1, 0.15) is 0 Å². The number of H-pyrrole nitrogens is 1. The van der Waals surface area contributed by atoms with Gasteiger partial charge in [-0.05, 0) is 30.2 Å². The number of anilines is 1. The van der Waals surface area contributed by atoms with Crippen LogP contribution in [0.1, 0.15) is 18.9 Å². The number of amides is 1. The number of para-hydroxylation sites is 2. The van der Waals surface area contributed by atoms with Gasteiger partial charge in [0.15, 0.2) is 0 Å². The summed E-state index contributed by atoms with van der Waals surface area (Å²) in [5, 5.41) is 3.31. The van der Waals surface area contributed by atoms with Crippen molar-refractivity contribution in [2.75, 3.05) is 5.32 Å². The van der Waals surface area contributed by atoms with Gasteiger partial charge in [-0.2, -0.15) is 0 Å². The molecule has 1 aromatic heterocycles. The number of carbonyl (C=O) groups is 1. The number of hydrogen-bond acceptors (Lipinski definition) is 3. The molecule has 0 aliphatic heterocycles. The van der Waals surface area contributed by atoms with Gasteiger partial charge >= 0.3 is 5.69 Å². The van der Waals surface area contributed by atoms with Crippen LogP contribution >= 0.6 is 0 Å². The monoisotopic (exact) mass is 337 g/mol. The summed E-state index contributed by atoms with van der Waals surface area (Å²) in [7, 11) is 0. The van der Waals surface area contributed by atoms with E-state index in [2.05, 4.69) is 10.3 Å². The van der Waals surface area contributed by atoms with Crippen LogP contribution in [0.4, 0.5) is 5.69 Å². The molecule has 6 nitrogen and oxygen atoms in total. The van der Waals surface area contributed by atoms with Crippen molar-refractivity contribution in [3.8, 4) is 0 Å². The van der Waals surface area contributed by atoms with Crippen molar-refractivity contribution >= 4 is 22.5 Å². The van der Waals surface area contributed by atoms with Crippen molar-refractivity contribution in [2.45, 2.75) is 26.3 Å². The zero-order valence-electron chi connectivity index (χ0n) is 13.9. The summed E-state index contributed by atoms with van der Waals surface area (Å²) in [6.45, 7) is 2.22. The van der Waals surface area contributed by atoms with Crippen molar-refractivity contribution in [1.82, 2.24) is 9.55 Å². The molecule has 1 amide bonds. The van der Waals surface area contributed by atoms with Gasteiger partial charge < -0.3 is 5.32 Å². The molecule has 0 atom stereocenters. The Morgan fingerprint density at radius 1 is 1.08 bits per heavy atom. The second-order valence-electron chi connectivity index (χ2n) is 5.74. The van der Waals surface area contributed by atoms with Crippen molar-refractivity contribution in [3.05, 3.63) is 74.9 Å². The average Bonchev–Trinajstić information content (AvgIpc) is 2.62. The van der Waals surface area contributed by atoms with E-state index in [-0.39, 0.29) is 18.9 Å². The van der Waals surface area contributed by atoms with Gasteiger partial charge in [-0.25, -0.2) is 4.79 Å². The van der Waals surface area contributed by atoms with Gasteiger partial charge in [0, 0.05) is 18.7 Å². The van der Waals surface area contributed by atoms with E-state index in [1.807, 2.05) is 31.2 Å². The smallest absolute Gasteiger partial charge is 0.326 e. The number of carbonyl (C=O) groups excluding carboxylic acids is 1.